The quantitative estimate of drug-likeness (QED) is 0.855. The Morgan fingerprint density at radius 2 is 1.92 bits per heavy atom. The van der Waals surface area contributed by atoms with Crippen LogP contribution >= 0.6 is 0 Å². The molecule has 1 amide bonds. The Balaban J connectivity index is 1.67. The lowest BCUT2D eigenvalue weighted by atomic mass is 10.1. The number of aryl methyl sites for hydroxylation is 2. The SMILES string of the molecule is CCN(Cc1ccc2c(c1)OCO2)C(C)C(=O)Nc1ccc(C)cc1C. The molecule has 3 rings (SSSR count). The highest BCUT2D eigenvalue weighted by atomic mass is 16.7. The van der Waals surface area contributed by atoms with E-state index < -0.39 is 0 Å². The molecular formula is C21H26N2O3. The van der Waals surface area contributed by atoms with Crippen LogP contribution in [0.25, 0.3) is 0 Å². The van der Waals surface area contributed by atoms with E-state index >= 15 is 0 Å². The van der Waals surface area contributed by atoms with Gasteiger partial charge < -0.3 is 14.8 Å². The Morgan fingerprint density at radius 3 is 2.65 bits per heavy atom. The van der Waals surface area contributed by atoms with Crippen LogP contribution in [0.15, 0.2) is 36.4 Å². The van der Waals surface area contributed by atoms with E-state index in [-0.39, 0.29) is 18.7 Å². The maximum atomic E-state index is 12.7. The highest BCUT2D eigenvalue weighted by Gasteiger charge is 2.22. The summed E-state index contributed by atoms with van der Waals surface area (Å²) in [5.41, 5.74) is 4.23. The van der Waals surface area contributed by atoms with Gasteiger partial charge in [-0.1, -0.05) is 30.7 Å². The first-order valence-electron chi connectivity index (χ1n) is 8.98. The molecule has 1 aliphatic rings. The standard InChI is InChI=1S/C21H26N2O3/c1-5-23(12-17-7-9-19-20(11-17)26-13-25-19)16(4)21(24)22-18-8-6-14(2)10-15(18)3/h6-11,16H,5,12-13H2,1-4H3,(H,22,24). The largest absolute Gasteiger partial charge is 0.454 e. The normalized spacial score (nSPS) is 13.7. The van der Waals surface area contributed by atoms with E-state index in [1.165, 1.54) is 5.56 Å². The third-order valence-electron chi connectivity index (χ3n) is 4.80. The van der Waals surface area contributed by atoms with Gasteiger partial charge in [0.25, 0.3) is 0 Å². The van der Waals surface area contributed by atoms with Crippen molar-refractivity contribution in [1.29, 1.82) is 0 Å². The van der Waals surface area contributed by atoms with Crippen LogP contribution in [-0.2, 0) is 11.3 Å². The van der Waals surface area contributed by atoms with E-state index in [0.717, 1.165) is 34.9 Å². The second kappa shape index (κ2) is 7.79. The zero-order chi connectivity index (χ0) is 18.7. The van der Waals surface area contributed by atoms with Gasteiger partial charge in [-0.25, -0.2) is 0 Å². The van der Waals surface area contributed by atoms with Crippen molar-refractivity contribution in [3.8, 4) is 11.5 Å². The Morgan fingerprint density at radius 1 is 1.15 bits per heavy atom. The molecule has 2 aromatic rings. The summed E-state index contributed by atoms with van der Waals surface area (Å²) in [4.78, 5) is 14.9. The minimum Gasteiger partial charge on any atom is -0.454 e. The predicted molar refractivity (Wildman–Crippen MR) is 103 cm³/mol. The van der Waals surface area contributed by atoms with Crippen molar-refractivity contribution in [2.24, 2.45) is 0 Å². The highest BCUT2D eigenvalue weighted by molar-refractivity contribution is 5.95. The number of carbonyl (C=O) groups excluding carboxylic acids is 1. The van der Waals surface area contributed by atoms with E-state index in [1.807, 2.05) is 51.1 Å². The summed E-state index contributed by atoms with van der Waals surface area (Å²) in [5, 5.41) is 3.05. The zero-order valence-electron chi connectivity index (χ0n) is 15.8. The Bertz CT molecular complexity index is 804. The molecule has 1 aliphatic heterocycles. The minimum atomic E-state index is -0.244. The van der Waals surface area contributed by atoms with Crippen molar-refractivity contribution < 1.29 is 14.3 Å². The van der Waals surface area contributed by atoms with E-state index in [2.05, 4.69) is 23.2 Å². The summed E-state index contributed by atoms with van der Waals surface area (Å²) in [6.45, 7) is 9.78. The van der Waals surface area contributed by atoms with Crippen molar-refractivity contribution in [3.63, 3.8) is 0 Å². The molecular weight excluding hydrogens is 328 g/mol. The molecule has 0 saturated heterocycles. The number of nitrogens with zero attached hydrogens (tertiary/aromatic N) is 1. The number of carbonyl (C=O) groups is 1. The maximum absolute atomic E-state index is 12.7. The second-order valence-electron chi connectivity index (χ2n) is 6.73. The van der Waals surface area contributed by atoms with Crippen molar-refractivity contribution in [2.75, 3.05) is 18.7 Å². The van der Waals surface area contributed by atoms with E-state index in [9.17, 15) is 4.79 Å². The smallest absolute Gasteiger partial charge is 0.241 e. The molecule has 0 bridgehead atoms. The number of hydrogen-bond acceptors (Lipinski definition) is 4. The summed E-state index contributed by atoms with van der Waals surface area (Å²) < 4.78 is 10.8. The minimum absolute atomic E-state index is 0.000420. The maximum Gasteiger partial charge on any atom is 0.241 e. The summed E-state index contributed by atoms with van der Waals surface area (Å²) in [7, 11) is 0. The van der Waals surface area contributed by atoms with Gasteiger partial charge in [-0.15, -0.1) is 0 Å². The lowest BCUT2D eigenvalue weighted by molar-refractivity contribution is -0.120. The van der Waals surface area contributed by atoms with Gasteiger partial charge in [0.15, 0.2) is 11.5 Å². The van der Waals surface area contributed by atoms with Crippen LogP contribution < -0.4 is 14.8 Å². The molecule has 0 aromatic heterocycles. The van der Waals surface area contributed by atoms with Crippen LogP contribution in [0.3, 0.4) is 0 Å². The monoisotopic (exact) mass is 354 g/mol. The van der Waals surface area contributed by atoms with Gasteiger partial charge in [0, 0.05) is 12.2 Å². The molecule has 138 valence electrons. The molecule has 0 fully saturated rings. The second-order valence-corrected chi connectivity index (χ2v) is 6.73. The molecule has 26 heavy (non-hydrogen) atoms. The molecule has 1 N–H and O–H groups in total. The number of hydrogen-bond donors (Lipinski definition) is 1. The molecule has 5 nitrogen and oxygen atoms in total. The van der Waals surface area contributed by atoms with Crippen molar-refractivity contribution in [3.05, 3.63) is 53.1 Å². The van der Waals surface area contributed by atoms with Crippen molar-refractivity contribution >= 4 is 11.6 Å². The average molecular weight is 354 g/mol. The molecule has 1 atom stereocenters. The number of rotatable bonds is 6. The van der Waals surface area contributed by atoms with Crippen LogP contribution in [0.1, 0.15) is 30.5 Å². The number of nitrogens with one attached hydrogen (secondary N) is 1. The fraction of sp³-hybridized carbons (Fsp3) is 0.381. The fourth-order valence-corrected chi connectivity index (χ4v) is 3.15. The van der Waals surface area contributed by atoms with Crippen molar-refractivity contribution in [2.45, 2.75) is 40.3 Å². The Kier molecular flexibility index (Phi) is 5.47. The van der Waals surface area contributed by atoms with Gasteiger partial charge >= 0.3 is 0 Å². The van der Waals surface area contributed by atoms with Crippen molar-refractivity contribution in [1.82, 2.24) is 4.90 Å². The molecule has 5 heteroatoms. The topological polar surface area (TPSA) is 50.8 Å². The van der Waals surface area contributed by atoms with Crippen LogP contribution in [0.4, 0.5) is 5.69 Å². The Labute approximate surface area is 154 Å². The highest BCUT2D eigenvalue weighted by Crippen LogP contribution is 2.33. The van der Waals surface area contributed by atoms with Crippen LogP contribution in [0, 0.1) is 13.8 Å². The summed E-state index contributed by atoms with van der Waals surface area (Å²) in [5.74, 6) is 1.54. The third-order valence-corrected chi connectivity index (χ3v) is 4.80. The number of ether oxygens (including phenoxy) is 2. The number of fused-ring (bicyclic) bond motifs is 1. The van der Waals surface area contributed by atoms with E-state index in [0.29, 0.717) is 6.54 Å². The number of benzene rings is 2. The van der Waals surface area contributed by atoms with Gasteiger partial charge in [0.1, 0.15) is 0 Å². The first kappa shape index (κ1) is 18.3. The summed E-state index contributed by atoms with van der Waals surface area (Å²) in [6, 6.07) is 11.7. The molecule has 0 saturated carbocycles. The zero-order valence-corrected chi connectivity index (χ0v) is 15.8. The summed E-state index contributed by atoms with van der Waals surface area (Å²) >= 11 is 0. The first-order chi connectivity index (χ1) is 12.5. The van der Waals surface area contributed by atoms with Crippen LogP contribution in [0.5, 0.6) is 11.5 Å². The molecule has 2 aromatic carbocycles. The number of likely N-dealkylation sites (N-methyl/N-ethyl adjacent to an activating group) is 1. The lowest BCUT2D eigenvalue weighted by Gasteiger charge is -2.27. The fourth-order valence-electron chi connectivity index (χ4n) is 3.15. The number of amides is 1. The summed E-state index contributed by atoms with van der Waals surface area (Å²) in [6.07, 6.45) is 0. The Hall–Kier alpha value is -2.53. The third kappa shape index (κ3) is 3.99. The van der Waals surface area contributed by atoms with Gasteiger partial charge in [0.05, 0.1) is 6.04 Å². The van der Waals surface area contributed by atoms with Gasteiger partial charge in [-0.2, -0.15) is 0 Å². The van der Waals surface area contributed by atoms with E-state index in [1.54, 1.807) is 0 Å². The van der Waals surface area contributed by atoms with Gasteiger partial charge in [0.2, 0.25) is 12.7 Å². The molecule has 1 heterocycles. The molecule has 0 aliphatic carbocycles. The van der Waals surface area contributed by atoms with Crippen LogP contribution in [0.2, 0.25) is 0 Å². The molecule has 0 spiro atoms. The van der Waals surface area contributed by atoms with Gasteiger partial charge in [-0.05, 0) is 56.6 Å². The predicted octanol–water partition coefficient (Wildman–Crippen LogP) is 3.88. The number of anilines is 1. The van der Waals surface area contributed by atoms with E-state index in [4.69, 9.17) is 9.47 Å². The molecule has 1 unspecified atom stereocenters. The average Bonchev–Trinajstić information content (AvgIpc) is 3.09. The lowest BCUT2D eigenvalue weighted by Crippen LogP contribution is -2.41. The molecule has 0 radical (unpaired) electrons. The van der Waals surface area contributed by atoms with Gasteiger partial charge in [-0.3, -0.25) is 9.69 Å². The van der Waals surface area contributed by atoms with Crippen LogP contribution in [-0.4, -0.2) is 30.2 Å². The first-order valence-corrected chi connectivity index (χ1v) is 8.98.